The van der Waals surface area contributed by atoms with Gasteiger partial charge in [-0.25, -0.2) is 0 Å². The Balaban J connectivity index is 3.14. The molecule has 0 aromatic carbocycles. The van der Waals surface area contributed by atoms with Gasteiger partial charge in [0.1, 0.15) is 0 Å². The van der Waals surface area contributed by atoms with Crippen LogP contribution in [-0.2, 0) is 0 Å². The smallest absolute Gasteiger partial charge is 0.188 e. The third-order valence-electron chi connectivity index (χ3n) is 3.24. The molecule has 0 saturated carbocycles. The Hall–Kier alpha value is -0.770. The molecular formula is C15H34N4. The highest BCUT2D eigenvalue weighted by Crippen LogP contribution is 2.10. The van der Waals surface area contributed by atoms with Gasteiger partial charge in [-0.3, -0.25) is 4.99 Å². The van der Waals surface area contributed by atoms with E-state index in [0.717, 1.165) is 13.0 Å². The van der Waals surface area contributed by atoms with E-state index in [1.165, 1.54) is 57.8 Å². The standard InChI is InChI=1S/C15H34N4/c1-2-3-4-5-6-7-8-9-10-11-13-18-15(17)19-14-12-16/h2-14,16H2,1H3,(H3,17,18,19). The van der Waals surface area contributed by atoms with Crippen molar-refractivity contribution in [3.63, 3.8) is 0 Å². The Labute approximate surface area is 119 Å². The molecule has 4 heteroatoms. The van der Waals surface area contributed by atoms with Crippen LogP contribution in [-0.4, -0.2) is 25.6 Å². The topological polar surface area (TPSA) is 76.4 Å². The van der Waals surface area contributed by atoms with Gasteiger partial charge in [0.25, 0.3) is 0 Å². The van der Waals surface area contributed by atoms with Gasteiger partial charge in [-0.2, -0.15) is 0 Å². The van der Waals surface area contributed by atoms with Crippen LogP contribution in [0.4, 0.5) is 0 Å². The highest BCUT2D eigenvalue weighted by Gasteiger charge is 1.93. The quantitative estimate of drug-likeness (QED) is 0.274. The number of guanidine groups is 1. The second-order valence-corrected chi connectivity index (χ2v) is 5.16. The predicted molar refractivity (Wildman–Crippen MR) is 85.4 cm³/mol. The lowest BCUT2D eigenvalue weighted by molar-refractivity contribution is 0.558. The summed E-state index contributed by atoms with van der Waals surface area (Å²) in [5.41, 5.74) is 11.0. The number of nitrogens with two attached hydrogens (primary N) is 2. The van der Waals surface area contributed by atoms with Crippen molar-refractivity contribution in [2.45, 2.75) is 71.1 Å². The van der Waals surface area contributed by atoms with Crippen molar-refractivity contribution in [2.75, 3.05) is 19.6 Å². The Bertz CT molecular complexity index is 204. The van der Waals surface area contributed by atoms with E-state index in [1.54, 1.807) is 0 Å². The molecule has 0 rings (SSSR count). The second-order valence-electron chi connectivity index (χ2n) is 5.16. The van der Waals surface area contributed by atoms with E-state index in [9.17, 15) is 0 Å². The van der Waals surface area contributed by atoms with Gasteiger partial charge in [-0.1, -0.05) is 64.7 Å². The molecule has 0 spiro atoms. The third-order valence-corrected chi connectivity index (χ3v) is 3.24. The molecule has 0 amide bonds. The van der Waals surface area contributed by atoms with E-state index in [1.807, 2.05) is 0 Å². The minimum absolute atomic E-state index is 0.529. The molecule has 114 valence electrons. The largest absolute Gasteiger partial charge is 0.370 e. The van der Waals surface area contributed by atoms with Crippen molar-refractivity contribution < 1.29 is 0 Å². The summed E-state index contributed by atoms with van der Waals surface area (Å²) in [6, 6.07) is 0. The summed E-state index contributed by atoms with van der Waals surface area (Å²) < 4.78 is 0. The summed E-state index contributed by atoms with van der Waals surface area (Å²) in [6.07, 6.45) is 13.5. The van der Waals surface area contributed by atoms with Crippen molar-refractivity contribution >= 4 is 5.96 Å². The zero-order valence-electron chi connectivity index (χ0n) is 12.8. The minimum Gasteiger partial charge on any atom is -0.370 e. The first-order valence-electron chi connectivity index (χ1n) is 8.05. The van der Waals surface area contributed by atoms with Crippen molar-refractivity contribution in [2.24, 2.45) is 16.5 Å². The van der Waals surface area contributed by atoms with Crippen molar-refractivity contribution in [1.82, 2.24) is 5.32 Å². The van der Waals surface area contributed by atoms with Crippen LogP contribution < -0.4 is 16.8 Å². The molecule has 0 aromatic rings. The van der Waals surface area contributed by atoms with Gasteiger partial charge in [0.15, 0.2) is 5.96 Å². The van der Waals surface area contributed by atoms with Gasteiger partial charge in [0.05, 0.1) is 0 Å². The van der Waals surface area contributed by atoms with Crippen LogP contribution in [0.25, 0.3) is 0 Å². The molecule has 0 fully saturated rings. The molecule has 0 aliphatic rings. The third kappa shape index (κ3) is 15.2. The second kappa shape index (κ2) is 15.3. The molecule has 0 aliphatic carbocycles. The fourth-order valence-corrected chi connectivity index (χ4v) is 2.05. The van der Waals surface area contributed by atoms with Gasteiger partial charge in [-0.05, 0) is 6.42 Å². The zero-order valence-corrected chi connectivity index (χ0v) is 12.8. The van der Waals surface area contributed by atoms with Crippen LogP contribution in [0.1, 0.15) is 71.1 Å². The van der Waals surface area contributed by atoms with Crippen LogP contribution in [0.2, 0.25) is 0 Å². The fourth-order valence-electron chi connectivity index (χ4n) is 2.05. The summed E-state index contributed by atoms with van der Waals surface area (Å²) in [4.78, 5) is 4.26. The van der Waals surface area contributed by atoms with Crippen LogP contribution in [0, 0.1) is 0 Å². The first kappa shape index (κ1) is 18.2. The summed E-state index contributed by atoms with van der Waals surface area (Å²) in [5, 5.41) is 2.97. The highest BCUT2D eigenvalue weighted by atomic mass is 15.1. The lowest BCUT2D eigenvalue weighted by atomic mass is 10.1. The molecule has 0 saturated heterocycles. The Morgan fingerprint density at radius 3 is 1.95 bits per heavy atom. The number of nitrogens with zero attached hydrogens (tertiary/aromatic N) is 1. The summed E-state index contributed by atoms with van der Waals surface area (Å²) in [7, 11) is 0. The van der Waals surface area contributed by atoms with Gasteiger partial charge < -0.3 is 16.8 Å². The molecule has 19 heavy (non-hydrogen) atoms. The number of nitrogens with one attached hydrogen (secondary N) is 1. The maximum Gasteiger partial charge on any atom is 0.188 e. The molecule has 5 N–H and O–H groups in total. The van der Waals surface area contributed by atoms with Gasteiger partial charge >= 0.3 is 0 Å². The van der Waals surface area contributed by atoms with Crippen LogP contribution >= 0.6 is 0 Å². The van der Waals surface area contributed by atoms with E-state index in [-0.39, 0.29) is 0 Å². The molecule has 4 nitrogen and oxygen atoms in total. The van der Waals surface area contributed by atoms with E-state index < -0.39 is 0 Å². The molecule has 0 radical (unpaired) electrons. The van der Waals surface area contributed by atoms with Crippen molar-refractivity contribution in [3.8, 4) is 0 Å². The summed E-state index contributed by atoms with van der Waals surface area (Å²) in [5.74, 6) is 0.529. The molecule has 0 aliphatic heterocycles. The number of aliphatic imine (C=N–C) groups is 1. The summed E-state index contributed by atoms with van der Waals surface area (Å²) >= 11 is 0. The van der Waals surface area contributed by atoms with Crippen molar-refractivity contribution in [1.29, 1.82) is 0 Å². The number of unbranched alkanes of at least 4 members (excludes halogenated alkanes) is 9. The van der Waals surface area contributed by atoms with Crippen LogP contribution in [0.3, 0.4) is 0 Å². The first-order chi connectivity index (χ1) is 9.31. The van der Waals surface area contributed by atoms with Gasteiger partial charge in [0, 0.05) is 19.6 Å². The number of hydrogen-bond donors (Lipinski definition) is 3. The Morgan fingerprint density at radius 2 is 1.42 bits per heavy atom. The van der Waals surface area contributed by atoms with Crippen molar-refractivity contribution in [3.05, 3.63) is 0 Å². The SMILES string of the molecule is CCCCCCCCCCCCN=C(N)NCCN. The number of hydrogen-bond acceptors (Lipinski definition) is 2. The monoisotopic (exact) mass is 270 g/mol. The maximum absolute atomic E-state index is 5.66. The van der Waals surface area contributed by atoms with Crippen LogP contribution in [0.5, 0.6) is 0 Å². The van der Waals surface area contributed by atoms with E-state index >= 15 is 0 Å². The lowest BCUT2D eigenvalue weighted by Gasteiger charge is -2.03. The maximum atomic E-state index is 5.66. The Morgan fingerprint density at radius 1 is 0.895 bits per heavy atom. The molecule has 0 aromatic heterocycles. The summed E-state index contributed by atoms with van der Waals surface area (Å²) in [6.45, 7) is 4.39. The first-order valence-corrected chi connectivity index (χ1v) is 8.05. The molecule has 0 unspecified atom stereocenters. The minimum atomic E-state index is 0.529. The fraction of sp³-hybridized carbons (Fsp3) is 0.933. The predicted octanol–water partition coefficient (Wildman–Crippen LogP) is 2.77. The lowest BCUT2D eigenvalue weighted by Crippen LogP contribution is -2.35. The normalized spacial score (nSPS) is 11.8. The molecule has 0 bridgehead atoms. The van der Waals surface area contributed by atoms with Gasteiger partial charge in [-0.15, -0.1) is 0 Å². The van der Waals surface area contributed by atoms with Crippen LogP contribution in [0.15, 0.2) is 4.99 Å². The van der Waals surface area contributed by atoms with E-state index in [2.05, 4.69) is 17.2 Å². The molecule has 0 heterocycles. The molecule has 0 atom stereocenters. The van der Waals surface area contributed by atoms with E-state index in [0.29, 0.717) is 19.0 Å². The van der Waals surface area contributed by atoms with E-state index in [4.69, 9.17) is 11.5 Å². The Kier molecular flexibility index (Phi) is 14.7. The average Bonchev–Trinajstić information content (AvgIpc) is 2.42. The highest BCUT2D eigenvalue weighted by molar-refractivity contribution is 5.77. The zero-order chi connectivity index (χ0) is 14.2. The van der Waals surface area contributed by atoms with Gasteiger partial charge in [0.2, 0.25) is 0 Å². The number of rotatable bonds is 13. The average molecular weight is 270 g/mol. The molecular weight excluding hydrogens is 236 g/mol.